The third-order valence-electron chi connectivity index (χ3n) is 4.93. The minimum Gasteiger partial charge on any atom is -0.483 e. The van der Waals surface area contributed by atoms with E-state index in [2.05, 4.69) is 5.32 Å². The standard InChI is InChI=1S/C23H21FN2O6/c24-18-4-2-1-3-16(18)13-30-22-10-26(17(12-27)8-19(22)28)11-23(29)25-9-15-5-6-20-21(7-15)32-14-31-20/h1-8,10,27H,9,11-14H2,(H,25,29). The first kappa shape index (κ1) is 21.4. The number of hydrogen-bond donors (Lipinski definition) is 2. The fraction of sp³-hybridized carbons (Fsp3) is 0.217. The summed E-state index contributed by atoms with van der Waals surface area (Å²) >= 11 is 0. The van der Waals surface area contributed by atoms with Crippen LogP contribution in [-0.4, -0.2) is 22.4 Å². The minimum atomic E-state index is -0.470. The van der Waals surface area contributed by atoms with Gasteiger partial charge in [0.1, 0.15) is 19.0 Å². The number of carbonyl (C=O) groups is 1. The molecule has 1 aromatic heterocycles. The zero-order valence-corrected chi connectivity index (χ0v) is 17.0. The summed E-state index contributed by atoms with van der Waals surface area (Å²) in [4.78, 5) is 24.8. The fourth-order valence-electron chi connectivity index (χ4n) is 3.22. The molecule has 2 N–H and O–H groups in total. The quantitative estimate of drug-likeness (QED) is 0.557. The zero-order valence-electron chi connectivity index (χ0n) is 17.0. The Kier molecular flexibility index (Phi) is 6.37. The van der Waals surface area contributed by atoms with Gasteiger partial charge in [-0.3, -0.25) is 9.59 Å². The maximum Gasteiger partial charge on any atom is 0.240 e. The Balaban J connectivity index is 1.42. The number of aliphatic hydroxyl groups is 1. The highest BCUT2D eigenvalue weighted by Gasteiger charge is 2.15. The molecule has 8 nitrogen and oxygen atoms in total. The molecule has 2 aromatic carbocycles. The van der Waals surface area contributed by atoms with E-state index >= 15 is 0 Å². The molecule has 166 valence electrons. The van der Waals surface area contributed by atoms with Gasteiger partial charge in [-0.25, -0.2) is 4.39 Å². The summed E-state index contributed by atoms with van der Waals surface area (Å²) in [5.41, 5.74) is 0.916. The normalized spacial score (nSPS) is 11.9. The average molecular weight is 440 g/mol. The number of ether oxygens (including phenoxy) is 3. The van der Waals surface area contributed by atoms with Crippen LogP contribution in [0.5, 0.6) is 17.2 Å². The van der Waals surface area contributed by atoms with Crippen molar-refractivity contribution in [2.24, 2.45) is 0 Å². The Morgan fingerprint density at radius 1 is 1.16 bits per heavy atom. The Bertz CT molecular complexity index is 1190. The van der Waals surface area contributed by atoms with Gasteiger partial charge in [0.25, 0.3) is 0 Å². The molecule has 0 saturated heterocycles. The molecule has 9 heteroatoms. The van der Waals surface area contributed by atoms with Crippen molar-refractivity contribution in [1.82, 2.24) is 9.88 Å². The molecular formula is C23H21FN2O6. The summed E-state index contributed by atoms with van der Waals surface area (Å²) in [6.45, 7) is -0.282. The second-order valence-electron chi connectivity index (χ2n) is 7.12. The van der Waals surface area contributed by atoms with Gasteiger partial charge < -0.3 is 29.2 Å². The van der Waals surface area contributed by atoms with Crippen LogP contribution in [0.15, 0.2) is 59.5 Å². The lowest BCUT2D eigenvalue weighted by atomic mass is 10.2. The van der Waals surface area contributed by atoms with Crippen LogP contribution < -0.4 is 25.0 Å². The molecule has 0 saturated carbocycles. The summed E-state index contributed by atoms with van der Waals surface area (Å²) in [6.07, 6.45) is 1.34. The maximum atomic E-state index is 13.8. The van der Waals surface area contributed by atoms with Crippen LogP contribution >= 0.6 is 0 Å². The van der Waals surface area contributed by atoms with Crippen molar-refractivity contribution in [3.05, 3.63) is 87.6 Å². The first-order chi connectivity index (χ1) is 15.5. The van der Waals surface area contributed by atoms with Crippen LogP contribution in [0.3, 0.4) is 0 Å². The summed E-state index contributed by atoms with van der Waals surface area (Å²) < 4.78 is 31.3. The van der Waals surface area contributed by atoms with Crippen LogP contribution in [-0.2, 0) is 31.1 Å². The lowest BCUT2D eigenvalue weighted by Crippen LogP contribution is -2.29. The lowest BCUT2D eigenvalue weighted by molar-refractivity contribution is -0.121. The number of rotatable bonds is 8. The monoisotopic (exact) mass is 440 g/mol. The highest BCUT2D eigenvalue weighted by atomic mass is 19.1. The van der Waals surface area contributed by atoms with Crippen molar-refractivity contribution < 1.29 is 28.5 Å². The summed E-state index contributed by atoms with van der Waals surface area (Å²) in [5, 5.41) is 12.4. The summed E-state index contributed by atoms with van der Waals surface area (Å²) in [5.74, 6) is 0.456. The van der Waals surface area contributed by atoms with Gasteiger partial charge in [0, 0.05) is 23.9 Å². The van der Waals surface area contributed by atoms with Crippen LogP contribution in [0.4, 0.5) is 4.39 Å². The number of carbonyl (C=O) groups excluding carboxylic acids is 1. The molecule has 0 spiro atoms. The van der Waals surface area contributed by atoms with Crippen molar-refractivity contribution >= 4 is 5.91 Å². The van der Waals surface area contributed by atoms with E-state index in [1.807, 2.05) is 6.07 Å². The predicted octanol–water partition coefficient (Wildman–Crippen LogP) is 2.10. The van der Waals surface area contributed by atoms with Crippen molar-refractivity contribution in [2.45, 2.75) is 26.3 Å². The molecule has 32 heavy (non-hydrogen) atoms. The number of aliphatic hydroxyl groups excluding tert-OH is 1. The molecule has 0 radical (unpaired) electrons. The molecule has 1 aliphatic rings. The zero-order chi connectivity index (χ0) is 22.5. The smallest absolute Gasteiger partial charge is 0.240 e. The number of benzene rings is 2. The number of nitrogens with zero attached hydrogens (tertiary/aromatic N) is 1. The Morgan fingerprint density at radius 3 is 2.78 bits per heavy atom. The largest absolute Gasteiger partial charge is 0.483 e. The minimum absolute atomic E-state index is 0.0472. The van der Waals surface area contributed by atoms with E-state index in [0.29, 0.717) is 17.1 Å². The fourth-order valence-corrected chi connectivity index (χ4v) is 3.22. The van der Waals surface area contributed by atoms with E-state index in [1.54, 1.807) is 30.3 Å². The van der Waals surface area contributed by atoms with Crippen molar-refractivity contribution in [1.29, 1.82) is 0 Å². The third kappa shape index (κ3) is 4.89. The molecule has 3 aromatic rings. The highest BCUT2D eigenvalue weighted by molar-refractivity contribution is 5.75. The van der Waals surface area contributed by atoms with Gasteiger partial charge in [0.2, 0.25) is 18.1 Å². The highest BCUT2D eigenvalue weighted by Crippen LogP contribution is 2.32. The molecule has 1 aliphatic heterocycles. The summed E-state index contributed by atoms with van der Waals surface area (Å²) in [7, 11) is 0. The van der Waals surface area contributed by atoms with Crippen molar-refractivity contribution in [2.75, 3.05) is 6.79 Å². The average Bonchev–Trinajstić information content (AvgIpc) is 3.26. The van der Waals surface area contributed by atoms with E-state index in [0.717, 1.165) is 5.56 Å². The lowest BCUT2D eigenvalue weighted by Gasteiger charge is -2.15. The topological polar surface area (TPSA) is 99.0 Å². The van der Waals surface area contributed by atoms with Gasteiger partial charge >= 0.3 is 0 Å². The number of amides is 1. The number of aromatic nitrogens is 1. The van der Waals surface area contributed by atoms with E-state index in [9.17, 15) is 19.1 Å². The first-order valence-corrected chi connectivity index (χ1v) is 9.89. The second-order valence-corrected chi connectivity index (χ2v) is 7.12. The van der Waals surface area contributed by atoms with Crippen molar-refractivity contribution in [3.8, 4) is 17.2 Å². The van der Waals surface area contributed by atoms with Gasteiger partial charge in [-0.1, -0.05) is 24.3 Å². The molecular weight excluding hydrogens is 419 g/mol. The van der Waals surface area contributed by atoms with E-state index in [1.165, 1.54) is 22.9 Å². The molecule has 1 amide bonds. The van der Waals surface area contributed by atoms with Gasteiger partial charge in [-0.15, -0.1) is 0 Å². The number of hydrogen-bond acceptors (Lipinski definition) is 6. The molecule has 0 bridgehead atoms. The third-order valence-corrected chi connectivity index (χ3v) is 4.93. The number of fused-ring (bicyclic) bond motifs is 1. The molecule has 0 aliphatic carbocycles. The van der Waals surface area contributed by atoms with Crippen LogP contribution in [0.2, 0.25) is 0 Å². The molecule has 2 heterocycles. The number of nitrogens with one attached hydrogen (secondary N) is 1. The first-order valence-electron chi connectivity index (χ1n) is 9.89. The maximum absolute atomic E-state index is 13.8. The van der Waals surface area contributed by atoms with E-state index in [4.69, 9.17) is 14.2 Å². The Hall–Kier alpha value is -3.85. The van der Waals surface area contributed by atoms with Gasteiger partial charge in [-0.05, 0) is 23.8 Å². The second kappa shape index (κ2) is 9.52. The van der Waals surface area contributed by atoms with Gasteiger partial charge in [0.05, 0.1) is 12.8 Å². The number of pyridine rings is 1. The predicted molar refractivity (Wildman–Crippen MR) is 112 cm³/mol. The Labute approximate surface area is 182 Å². The SMILES string of the molecule is O=C(Cn1cc(OCc2ccccc2F)c(=O)cc1CO)NCc1ccc2c(c1)OCO2. The van der Waals surface area contributed by atoms with Crippen LogP contribution in [0, 0.1) is 5.82 Å². The molecule has 4 rings (SSSR count). The van der Waals surface area contributed by atoms with Crippen LogP contribution in [0.1, 0.15) is 16.8 Å². The molecule has 0 unspecified atom stereocenters. The molecule has 0 fully saturated rings. The number of halogens is 1. The molecule has 0 atom stereocenters. The van der Waals surface area contributed by atoms with E-state index < -0.39 is 17.9 Å². The van der Waals surface area contributed by atoms with Gasteiger partial charge in [0.15, 0.2) is 17.2 Å². The summed E-state index contributed by atoms with van der Waals surface area (Å²) in [6, 6.07) is 12.7. The Morgan fingerprint density at radius 2 is 1.97 bits per heavy atom. The van der Waals surface area contributed by atoms with Crippen molar-refractivity contribution in [3.63, 3.8) is 0 Å². The van der Waals surface area contributed by atoms with E-state index in [-0.39, 0.29) is 43.8 Å². The van der Waals surface area contributed by atoms with Gasteiger partial charge in [-0.2, -0.15) is 0 Å². The van der Waals surface area contributed by atoms with Crippen LogP contribution in [0.25, 0.3) is 0 Å².